The minimum Gasteiger partial charge on any atom is -0.339 e. The summed E-state index contributed by atoms with van der Waals surface area (Å²) in [6, 6.07) is 0. The first-order valence-corrected chi connectivity index (χ1v) is 6.71. The van der Waals surface area contributed by atoms with Crippen molar-refractivity contribution in [1.29, 1.82) is 0 Å². The van der Waals surface area contributed by atoms with Crippen LogP contribution >= 0.6 is 0 Å². The average molecular weight is 238 g/mol. The van der Waals surface area contributed by atoms with Gasteiger partial charge in [0.2, 0.25) is 11.8 Å². The maximum absolute atomic E-state index is 12.0. The van der Waals surface area contributed by atoms with Gasteiger partial charge in [-0.2, -0.15) is 0 Å². The molecule has 0 aromatic carbocycles. The van der Waals surface area contributed by atoms with Crippen molar-refractivity contribution in [3.05, 3.63) is 0 Å². The Hall–Kier alpha value is -1.06. The molecule has 1 atom stereocenters. The molecule has 1 aliphatic heterocycles. The van der Waals surface area contributed by atoms with Crippen LogP contribution in [0.2, 0.25) is 0 Å². The van der Waals surface area contributed by atoms with Crippen molar-refractivity contribution in [2.75, 3.05) is 26.2 Å². The summed E-state index contributed by atoms with van der Waals surface area (Å²) in [7, 11) is 0. The van der Waals surface area contributed by atoms with E-state index in [0.717, 1.165) is 32.4 Å². The quantitative estimate of drug-likeness (QED) is 0.739. The molecule has 2 aliphatic rings. The van der Waals surface area contributed by atoms with Crippen LogP contribution in [0.5, 0.6) is 0 Å². The summed E-state index contributed by atoms with van der Waals surface area (Å²) in [5.74, 6) is 0.958. The lowest BCUT2D eigenvalue weighted by Crippen LogP contribution is -2.52. The highest BCUT2D eigenvalue weighted by molar-refractivity contribution is 5.82. The van der Waals surface area contributed by atoms with E-state index in [9.17, 15) is 9.59 Å². The van der Waals surface area contributed by atoms with E-state index in [4.69, 9.17) is 0 Å². The Bertz CT molecular complexity index is 305. The number of amides is 2. The van der Waals surface area contributed by atoms with Crippen molar-refractivity contribution >= 4 is 11.8 Å². The largest absolute Gasteiger partial charge is 0.339 e. The first kappa shape index (κ1) is 12.4. The monoisotopic (exact) mass is 238 g/mol. The number of rotatable bonds is 3. The molecule has 1 saturated heterocycles. The van der Waals surface area contributed by atoms with Crippen molar-refractivity contribution in [3.63, 3.8) is 0 Å². The summed E-state index contributed by atoms with van der Waals surface area (Å²) in [5, 5.41) is 0. The molecule has 1 unspecified atom stereocenters. The standard InChI is InChI=1S/C13H22N2O2/c1-3-10(2)12(16)14-6-8-15(9-7-14)13(17)11-4-5-11/h10-11H,3-9H2,1-2H3. The highest BCUT2D eigenvalue weighted by Crippen LogP contribution is 2.31. The molecular formula is C13H22N2O2. The van der Waals surface area contributed by atoms with Crippen LogP contribution in [0.1, 0.15) is 33.1 Å². The minimum absolute atomic E-state index is 0.112. The van der Waals surface area contributed by atoms with Gasteiger partial charge >= 0.3 is 0 Å². The number of hydrogen-bond donors (Lipinski definition) is 0. The van der Waals surface area contributed by atoms with Gasteiger partial charge in [-0.25, -0.2) is 0 Å². The Balaban J connectivity index is 1.81. The zero-order chi connectivity index (χ0) is 12.4. The van der Waals surface area contributed by atoms with Gasteiger partial charge in [0.25, 0.3) is 0 Å². The van der Waals surface area contributed by atoms with E-state index < -0.39 is 0 Å². The van der Waals surface area contributed by atoms with Crippen molar-refractivity contribution < 1.29 is 9.59 Å². The molecule has 2 rings (SSSR count). The van der Waals surface area contributed by atoms with Gasteiger partial charge in [0, 0.05) is 38.0 Å². The van der Waals surface area contributed by atoms with Crippen LogP contribution in [-0.4, -0.2) is 47.8 Å². The summed E-state index contributed by atoms with van der Waals surface area (Å²) >= 11 is 0. The molecule has 4 heteroatoms. The van der Waals surface area contributed by atoms with Crippen molar-refractivity contribution in [2.24, 2.45) is 11.8 Å². The van der Waals surface area contributed by atoms with Gasteiger partial charge in [-0.05, 0) is 19.3 Å². The number of hydrogen-bond acceptors (Lipinski definition) is 2. The van der Waals surface area contributed by atoms with Crippen LogP contribution in [0.15, 0.2) is 0 Å². The molecule has 0 bridgehead atoms. The molecular weight excluding hydrogens is 216 g/mol. The Labute approximate surface area is 103 Å². The molecule has 2 fully saturated rings. The van der Waals surface area contributed by atoms with Gasteiger partial charge in [0.1, 0.15) is 0 Å². The second-order valence-corrected chi connectivity index (χ2v) is 5.23. The smallest absolute Gasteiger partial charge is 0.225 e. The minimum atomic E-state index is 0.112. The Kier molecular flexibility index (Phi) is 3.69. The van der Waals surface area contributed by atoms with Gasteiger partial charge < -0.3 is 9.80 Å². The normalized spacial score (nSPS) is 22.5. The Morgan fingerprint density at radius 1 is 1.12 bits per heavy atom. The SMILES string of the molecule is CCC(C)C(=O)N1CCN(C(=O)C2CC2)CC1. The molecule has 0 N–H and O–H groups in total. The highest BCUT2D eigenvalue weighted by atomic mass is 16.2. The summed E-state index contributed by atoms with van der Waals surface area (Å²) in [4.78, 5) is 27.7. The third kappa shape index (κ3) is 2.79. The van der Waals surface area contributed by atoms with Gasteiger partial charge in [-0.1, -0.05) is 13.8 Å². The van der Waals surface area contributed by atoms with E-state index in [1.807, 2.05) is 23.6 Å². The van der Waals surface area contributed by atoms with Crippen LogP contribution in [0, 0.1) is 11.8 Å². The van der Waals surface area contributed by atoms with Crippen LogP contribution in [0.3, 0.4) is 0 Å². The van der Waals surface area contributed by atoms with Crippen LogP contribution in [-0.2, 0) is 9.59 Å². The summed E-state index contributed by atoms with van der Waals surface area (Å²) in [5.41, 5.74) is 0. The van der Waals surface area contributed by atoms with Crippen molar-refractivity contribution in [1.82, 2.24) is 9.80 Å². The highest BCUT2D eigenvalue weighted by Gasteiger charge is 2.35. The van der Waals surface area contributed by atoms with E-state index in [2.05, 4.69) is 0 Å². The number of piperazine rings is 1. The summed E-state index contributed by atoms with van der Waals surface area (Å²) < 4.78 is 0. The molecule has 1 aliphatic carbocycles. The maximum Gasteiger partial charge on any atom is 0.225 e. The van der Waals surface area contributed by atoms with Gasteiger partial charge in [-0.15, -0.1) is 0 Å². The molecule has 2 amide bonds. The lowest BCUT2D eigenvalue weighted by molar-refractivity contribution is -0.142. The van der Waals surface area contributed by atoms with E-state index >= 15 is 0 Å². The third-order valence-corrected chi connectivity index (χ3v) is 3.86. The fraction of sp³-hybridized carbons (Fsp3) is 0.846. The summed E-state index contributed by atoms with van der Waals surface area (Å²) in [6.07, 6.45) is 3.01. The Morgan fingerprint density at radius 2 is 1.65 bits per heavy atom. The Morgan fingerprint density at radius 3 is 2.12 bits per heavy atom. The number of carbonyl (C=O) groups excluding carboxylic acids is 2. The van der Waals surface area contributed by atoms with E-state index in [0.29, 0.717) is 24.9 Å². The lowest BCUT2D eigenvalue weighted by Gasteiger charge is -2.36. The second kappa shape index (κ2) is 5.07. The molecule has 96 valence electrons. The molecule has 17 heavy (non-hydrogen) atoms. The predicted molar refractivity (Wildman–Crippen MR) is 65.3 cm³/mol. The second-order valence-electron chi connectivity index (χ2n) is 5.23. The third-order valence-electron chi connectivity index (χ3n) is 3.86. The topological polar surface area (TPSA) is 40.6 Å². The molecule has 4 nitrogen and oxygen atoms in total. The van der Waals surface area contributed by atoms with Gasteiger partial charge in [-0.3, -0.25) is 9.59 Å². The molecule has 1 heterocycles. The first-order valence-electron chi connectivity index (χ1n) is 6.71. The predicted octanol–water partition coefficient (Wildman–Crippen LogP) is 1.11. The average Bonchev–Trinajstić information content (AvgIpc) is 3.20. The van der Waals surface area contributed by atoms with Gasteiger partial charge in [0.05, 0.1) is 0 Å². The molecule has 1 saturated carbocycles. The van der Waals surface area contributed by atoms with E-state index in [1.54, 1.807) is 0 Å². The summed E-state index contributed by atoms with van der Waals surface area (Å²) in [6.45, 7) is 6.87. The first-order chi connectivity index (χ1) is 8.13. The van der Waals surface area contributed by atoms with Crippen LogP contribution in [0.25, 0.3) is 0 Å². The van der Waals surface area contributed by atoms with Crippen LogP contribution < -0.4 is 0 Å². The molecule has 0 radical (unpaired) electrons. The fourth-order valence-electron chi connectivity index (χ4n) is 2.22. The zero-order valence-electron chi connectivity index (χ0n) is 10.8. The van der Waals surface area contributed by atoms with Crippen molar-refractivity contribution in [3.8, 4) is 0 Å². The van der Waals surface area contributed by atoms with E-state index in [-0.39, 0.29) is 11.8 Å². The zero-order valence-corrected chi connectivity index (χ0v) is 10.8. The van der Waals surface area contributed by atoms with E-state index in [1.165, 1.54) is 0 Å². The maximum atomic E-state index is 12.0. The fourth-order valence-corrected chi connectivity index (χ4v) is 2.22. The number of carbonyl (C=O) groups is 2. The lowest BCUT2D eigenvalue weighted by atomic mass is 10.1. The number of nitrogens with zero attached hydrogens (tertiary/aromatic N) is 2. The molecule has 0 spiro atoms. The molecule has 0 aromatic heterocycles. The molecule has 0 aromatic rings. The van der Waals surface area contributed by atoms with Crippen LogP contribution in [0.4, 0.5) is 0 Å². The van der Waals surface area contributed by atoms with Crippen molar-refractivity contribution in [2.45, 2.75) is 33.1 Å². The van der Waals surface area contributed by atoms with Gasteiger partial charge in [0.15, 0.2) is 0 Å².